The zero-order valence-corrected chi connectivity index (χ0v) is 11.8. The van der Waals surface area contributed by atoms with Gasteiger partial charge in [-0.15, -0.1) is 0 Å². The molecule has 2 rings (SSSR count). The van der Waals surface area contributed by atoms with Crippen molar-refractivity contribution in [3.63, 3.8) is 0 Å². The van der Waals surface area contributed by atoms with E-state index in [0.29, 0.717) is 6.61 Å². The van der Waals surface area contributed by atoms with Crippen molar-refractivity contribution in [3.8, 4) is 11.8 Å². The van der Waals surface area contributed by atoms with Crippen LogP contribution in [-0.4, -0.2) is 30.6 Å². The molecule has 0 aromatic heterocycles. The van der Waals surface area contributed by atoms with Crippen LogP contribution in [0.2, 0.25) is 0 Å². The zero-order valence-electron chi connectivity index (χ0n) is 11.8. The van der Waals surface area contributed by atoms with Gasteiger partial charge in [-0.3, -0.25) is 4.90 Å². The summed E-state index contributed by atoms with van der Waals surface area (Å²) in [4.78, 5) is 2.31. The molecule has 0 amide bonds. The fourth-order valence-electron chi connectivity index (χ4n) is 2.75. The largest absolute Gasteiger partial charge is 0.494 e. The Bertz CT molecular complexity index is 429. The highest BCUT2D eigenvalue weighted by Crippen LogP contribution is 2.27. The van der Waals surface area contributed by atoms with Gasteiger partial charge in [0.1, 0.15) is 11.8 Å². The Balaban J connectivity index is 2.08. The lowest BCUT2D eigenvalue weighted by atomic mass is 9.93. The minimum absolute atomic E-state index is 0.0135. The summed E-state index contributed by atoms with van der Waals surface area (Å²) in [5, 5.41) is 9.44. The Hall–Kier alpha value is -1.53. The number of benzene rings is 1. The van der Waals surface area contributed by atoms with Crippen molar-refractivity contribution in [2.24, 2.45) is 0 Å². The number of nitriles is 1. The maximum atomic E-state index is 9.44. The molecule has 1 fully saturated rings. The van der Waals surface area contributed by atoms with Crippen molar-refractivity contribution < 1.29 is 4.74 Å². The topological polar surface area (TPSA) is 36.3 Å². The van der Waals surface area contributed by atoms with Gasteiger partial charge in [0.05, 0.1) is 12.7 Å². The molecule has 0 saturated carbocycles. The normalized spacial score (nSPS) is 18.8. The molecular formula is C16H22N2O. The van der Waals surface area contributed by atoms with Crippen LogP contribution in [0, 0.1) is 11.3 Å². The van der Waals surface area contributed by atoms with E-state index < -0.39 is 0 Å². The van der Waals surface area contributed by atoms with Crippen molar-refractivity contribution in [1.82, 2.24) is 4.90 Å². The zero-order chi connectivity index (χ0) is 13.7. The van der Waals surface area contributed by atoms with Crippen LogP contribution in [0.4, 0.5) is 0 Å². The molecule has 0 aliphatic carbocycles. The van der Waals surface area contributed by atoms with E-state index in [1.54, 1.807) is 0 Å². The van der Waals surface area contributed by atoms with Gasteiger partial charge in [0.2, 0.25) is 0 Å². The predicted molar refractivity (Wildman–Crippen MR) is 76.2 cm³/mol. The third-order valence-electron chi connectivity index (χ3n) is 3.86. The van der Waals surface area contributed by atoms with Gasteiger partial charge in [-0.05, 0) is 50.6 Å². The molecule has 3 nitrogen and oxygen atoms in total. The lowest BCUT2D eigenvalue weighted by Crippen LogP contribution is -2.35. The smallest absolute Gasteiger partial charge is 0.119 e. The molecule has 1 aliphatic rings. The van der Waals surface area contributed by atoms with E-state index in [1.165, 1.54) is 18.4 Å². The van der Waals surface area contributed by atoms with Crippen molar-refractivity contribution in [3.05, 3.63) is 29.8 Å². The molecule has 1 aliphatic heterocycles. The third-order valence-corrected chi connectivity index (χ3v) is 3.86. The van der Waals surface area contributed by atoms with E-state index in [1.807, 2.05) is 19.1 Å². The fraction of sp³-hybridized carbons (Fsp3) is 0.562. The minimum atomic E-state index is -0.0135. The number of ether oxygens (including phenoxy) is 1. The standard InChI is InChI=1S/C16H22N2O/c1-3-19-15-8-6-14(7-9-15)13(2)16(12-17)18-10-4-5-11-18/h6-9,13,16H,3-5,10-11H2,1-2H3. The molecule has 1 saturated heterocycles. The first-order valence-corrected chi connectivity index (χ1v) is 7.12. The Morgan fingerprint density at radius 3 is 2.42 bits per heavy atom. The molecule has 0 radical (unpaired) electrons. The third kappa shape index (κ3) is 3.27. The number of likely N-dealkylation sites (tertiary alicyclic amines) is 1. The van der Waals surface area contributed by atoms with E-state index >= 15 is 0 Å². The molecule has 0 spiro atoms. The van der Waals surface area contributed by atoms with Gasteiger partial charge in [-0.25, -0.2) is 0 Å². The lowest BCUT2D eigenvalue weighted by molar-refractivity contribution is 0.263. The van der Waals surface area contributed by atoms with Crippen LogP contribution in [0.15, 0.2) is 24.3 Å². The van der Waals surface area contributed by atoms with Crippen LogP contribution < -0.4 is 4.74 Å². The van der Waals surface area contributed by atoms with E-state index in [0.717, 1.165) is 18.8 Å². The molecule has 3 heteroatoms. The lowest BCUT2D eigenvalue weighted by Gasteiger charge is -2.27. The number of rotatable bonds is 5. The molecular weight excluding hydrogens is 236 g/mol. The van der Waals surface area contributed by atoms with Gasteiger partial charge >= 0.3 is 0 Å². The summed E-state index contributed by atoms with van der Waals surface area (Å²) in [5.74, 6) is 1.13. The second-order valence-electron chi connectivity index (χ2n) is 5.11. The average molecular weight is 258 g/mol. The van der Waals surface area contributed by atoms with Crippen LogP contribution in [0.5, 0.6) is 5.75 Å². The van der Waals surface area contributed by atoms with Gasteiger partial charge in [0, 0.05) is 5.92 Å². The number of hydrogen-bond acceptors (Lipinski definition) is 3. The number of hydrogen-bond donors (Lipinski definition) is 0. The second kappa shape index (κ2) is 6.58. The highest BCUT2D eigenvalue weighted by molar-refractivity contribution is 5.31. The van der Waals surface area contributed by atoms with Crippen molar-refractivity contribution >= 4 is 0 Å². The molecule has 2 unspecified atom stereocenters. The van der Waals surface area contributed by atoms with Gasteiger partial charge in [0.15, 0.2) is 0 Å². The first-order chi connectivity index (χ1) is 9.26. The Morgan fingerprint density at radius 1 is 1.26 bits per heavy atom. The van der Waals surface area contributed by atoms with Crippen molar-refractivity contribution in [2.45, 2.75) is 38.6 Å². The van der Waals surface area contributed by atoms with Gasteiger partial charge in [-0.1, -0.05) is 19.1 Å². The monoisotopic (exact) mass is 258 g/mol. The Labute approximate surface area is 115 Å². The van der Waals surface area contributed by atoms with Crippen LogP contribution in [0.25, 0.3) is 0 Å². The van der Waals surface area contributed by atoms with Crippen molar-refractivity contribution in [2.75, 3.05) is 19.7 Å². The number of nitrogens with zero attached hydrogens (tertiary/aromatic N) is 2. The molecule has 1 heterocycles. The SMILES string of the molecule is CCOc1ccc(C(C)C(C#N)N2CCCC2)cc1. The molecule has 0 N–H and O–H groups in total. The van der Waals surface area contributed by atoms with Crippen LogP contribution in [0.3, 0.4) is 0 Å². The van der Waals surface area contributed by atoms with Gasteiger partial charge < -0.3 is 4.74 Å². The Kier molecular flexibility index (Phi) is 4.81. The predicted octanol–water partition coefficient (Wildman–Crippen LogP) is 3.18. The van der Waals surface area contributed by atoms with Crippen LogP contribution in [-0.2, 0) is 0 Å². The molecule has 2 atom stereocenters. The van der Waals surface area contributed by atoms with Gasteiger partial charge in [0.25, 0.3) is 0 Å². The quantitative estimate of drug-likeness (QED) is 0.814. The summed E-state index contributed by atoms with van der Waals surface area (Å²) in [6, 6.07) is 10.6. The molecule has 1 aromatic carbocycles. The van der Waals surface area contributed by atoms with Gasteiger partial charge in [-0.2, -0.15) is 5.26 Å². The summed E-state index contributed by atoms with van der Waals surface area (Å²) < 4.78 is 5.45. The maximum absolute atomic E-state index is 9.44. The van der Waals surface area contributed by atoms with E-state index in [2.05, 4.69) is 30.0 Å². The minimum Gasteiger partial charge on any atom is -0.494 e. The maximum Gasteiger partial charge on any atom is 0.119 e. The van der Waals surface area contributed by atoms with Crippen molar-refractivity contribution in [1.29, 1.82) is 5.26 Å². The summed E-state index contributed by atoms with van der Waals surface area (Å²) in [6.07, 6.45) is 2.43. The first-order valence-electron chi connectivity index (χ1n) is 7.12. The highest BCUT2D eigenvalue weighted by atomic mass is 16.5. The molecule has 0 bridgehead atoms. The van der Waals surface area contributed by atoms with E-state index in [-0.39, 0.29) is 12.0 Å². The van der Waals surface area contributed by atoms with Crippen LogP contribution >= 0.6 is 0 Å². The molecule has 1 aromatic rings. The summed E-state index contributed by atoms with van der Waals surface area (Å²) >= 11 is 0. The van der Waals surface area contributed by atoms with Crippen LogP contribution in [0.1, 0.15) is 38.2 Å². The average Bonchev–Trinajstić information content (AvgIpc) is 2.95. The summed E-state index contributed by atoms with van der Waals surface area (Å²) in [7, 11) is 0. The fourth-order valence-corrected chi connectivity index (χ4v) is 2.75. The second-order valence-corrected chi connectivity index (χ2v) is 5.11. The Morgan fingerprint density at radius 2 is 1.89 bits per heavy atom. The van der Waals surface area contributed by atoms with E-state index in [4.69, 9.17) is 4.74 Å². The summed E-state index contributed by atoms with van der Waals surface area (Å²) in [5.41, 5.74) is 1.21. The van der Waals surface area contributed by atoms with E-state index in [9.17, 15) is 5.26 Å². The highest BCUT2D eigenvalue weighted by Gasteiger charge is 2.27. The molecule has 19 heavy (non-hydrogen) atoms. The summed E-state index contributed by atoms with van der Waals surface area (Å²) in [6.45, 7) is 6.92. The first kappa shape index (κ1) is 13.9. The molecule has 102 valence electrons.